The molecular formula is C28H29ClFN5O2. The van der Waals surface area contributed by atoms with Gasteiger partial charge in [0.25, 0.3) is 0 Å². The van der Waals surface area contributed by atoms with Gasteiger partial charge in [0, 0.05) is 37.4 Å². The van der Waals surface area contributed by atoms with Crippen molar-refractivity contribution in [1.29, 1.82) is 5.26 Å². The molecule has 37 heavy (non-hydrogen) atoms. The van der Waals surface area contributed by atoms with E-state index in [0.717, 1.165) is 17.7 Å². The summed E-state index contributed by atoms with van der Waals surface area (Å²) in [5.74, 6) is -0.659. The number of anilines is 2. The Hall–Kier alpha value is -3.93. The van der Waals surface area contributed by atoms with Crippen LogP contribution in [0.15, 0.2) is 66.7 Å². The molecule has 0 atom stereocenters. The van der Waals surface area contributed by atoms with E-state index in [1.807, 2.05) is 55.4 Å². The number of urea groups is 1. The molecule has 0 saturated carbocycles. The quantitative estimate of drug-likeness (QED) is 0.368. The van der Waals surface area contributed by atoms with Crippen LogP contribution in [0.1, 0.15) is 18.4 Å². The fourth-order valence-electron chi connectivity index (χ4n) is 3.62. The Labute approximate surface area is 221 Å². The molecule has 2 N–H and O–H groups in total. The lowest BCUT2D eigenvalue weighted by atomic mass is 10.0. The van der Waals surface area contributed by atoms with Crippen molar-refractivity contribution in [2.75, 3.05) is 43.9 Å². The Kier molecular flexibility index (Phi) is 10.0. The topological polar surface area (TPSA) is 88.5 Å². The molecule has 0 aliphatic heterocycles. The average molecular weight is 522 g/mol. The highest BCUT2D eigenvalue weighted by Gasteiger charge is 2.17. The summed E-state index contributed by atoms with van der Waals surface area (Å²) in [7, 11) is 3.87. The van der Waals surface area contributed by atoms with Gasteiger partial charge in [0.05, 0.1) is 16.7 Å². The van der Waals surface area contributed by atoms with Gasteiger partial charge in [-0.15, -0.1) is 0 Å². The molecule has 3 rings (SSSR count). The van der Waals surface area contributed by atoms with Gasteiger partial charge >= 0.3 is 6.03 Å². The maximum atomic E-state index is 13.5. The van der Waals surface area contributed by atoms with Crippen LogP contribution in [0, 0.1) is 17.1 Å². The van der Waals surface area contributed by atoms with Crippen molar-refractivity contribution in [1.82, 2.24) is 10.2 Å². The van der Waals surface area contributed by atoms with Crippen LogP contribution in [0.3, 0.4) is 0 Å². The van der Waals surface area contributed by atoms with E-state index in [-0.39, 0.29) is 23.9 Å². The monoisotopic (exact) mass is 521 g/mol. The summed E-state index contributed by atoms with van der Waals surface area (Å²) in [6, 6.07) is 20.3. The number of nitriles is 1. The molecule has 0 aliphatic rings. The molecular weight excluding hydrogens is 493 g/mol. The standard InChI is InChI=1S/C28H29ClFN5O2/c1-34(2)16-14-32-27(36)7-4-15-35(28(37)33-23-10-13-26(30)25(29)18-23)24-11-8-21(9-12-24)22-6-3-5-20(17-22)19-31/h3,5-6,8-13,17-18H,4,7,14-16H2,1-2H3,(H,32,36)(H,33,37). The molecule has 0 fully saturated rings. The van der Waals surface area contributed by atoms with Crippen molar-refractivity contribution in [3.63, 3.8) is 0 Å². The molecule has 0 bridgehead atoms. The van der Waals surface area contributed by atoms with Gasteiger partial charge in [-0.3, -0.25) is 9.69 Å². The van der Waals surface area contributed by atoms with Gasteiger partial charge in [-0.05, 0) is 74.1 Å². The molecule has 0 heterocycles. The number of carbonyl (C=O) groups excluding carboxylic acids is 2. The molecule has 3 aromatic carbocycles. The zero-order chi connectivity index (χ0) is 26.8. The van der Waals surface area contributed by atoms with Gasteiger partial charge in [0.2, 0.25) is 5.91 Å². The van der Waals surface area contributed by atoms with Gasteiger partial charge in [-0.1, -0.05) is 35.9 Å². The Morgan fingerprint density at radius 3 is 2.43 bits per heavy atom. The third-order valence-corrected chi connectivity index (χ3v) is 5.88. The second kappa shape index (κ2) is 13.4. The fraction of sp³-hybridized carbons (Fsp3) is 0.250. The number of benzene rings is 3. The van der Waals surface area contributed by atoms with E-state index in [2.05, 4.69) is 16.7 Å². The number of carbonyl (C=O) groups is 2. The second-order valence-electron chi connectivity index (χ2n) is 8.71. The maximum Gasteiger partial charge on any atom is 0.326 e. The molecule has 9 heteroatoms. The predicted octanol–water partition coefficient (Wildman–Crippen LogP) is 5.51. The number of hydrogen-bond acceptors (Lipinski definition) is 4. The van der Waals surface area contributed by atoms with Crippen molar-refractivity contribution < 1.29 is 14.0 Å². The van der Waals surface area contributed by atoms with E-state index >= 15 is 0 Å². The van der Waals surface area contributed by atoms with Crippen LogP contribution in [-0.2, 0) is 4.79 Å². The fourth-order valence-corrected chi connectivity index (χ4v) is 3.80. The van der Waals surface area contributed by atoms with Gasteiger partial charge in [-0.2, -0.15) is 5.26 Å². The largest absolute Gasteiger partial charge is 0.355 e. The molecule has 0 aromatic heterocycles. The summed E-state index contributed by atoms with van der Waals surface area (Å²) in [5.41, 5.74) is 3.32. The maximum absolute atomic E-state index is 13.5. The summed E-state index contributed by atoms with van der Waals surface area (Å²) in [6.45, 7) is 1.57. The molecule has 3 amide bonds. The second-order valence-corrected chi connectivity index (χ2v) is 9.11. The predicted molar refractivity (Wildman–Crippen MR) is 145 cm³/mol. The van der Waals surface area contributed by atoms with Crippen LogP contribution in [0.2, 0.25) is 5.02 Å². The number of nitrogens with one attached hydrogen (secondary N) is 2. The lowest BCUT2D eigenvalue weighted by molar-refractivity contribution is -0.121. The van der Waals surface area contributed by atoms with Crippen LogP contribution >= 0.6 is 11.6 Å². The first kappa shape index (κ1) is 27.7. The van der Waals surface area contributed by atoms with Crippen molar-refractivity contribution in [2.24, 2.45) is 0 Å². The molecule has 0 radical (unpaired) electrons. The Morgan fingerprint density at radius 1 is 1.00 bits per heavy atom. The first-order chi connectivity index (χ1) is 17.8. The Morgan fingerprint density at radius 2 is 1.76 bits per heavy atom. The number of rotatable bonds is 10. The van der Waals surface area contributed by atoms with Crippen LogP contribution in [0.4, 0.5) is 20.6 Å². The van der Waals surface area contributed by atoms with Crippen molar-refractivity contribution in [2.45, 2.75) is 12.8 Å². The lowest BCUT2D eigenvalue weighted by Crippen LogP contribution is -2.37. The number of likely N-dealkylation sites (N-methyl/N-ethyl adjacent to an activating group) is 1. The lowest BCUT2D eigenvalue weighted by Gasteiger charge is -2.24. The summed E-state index contributed by atoms with van der Waals surface area (Å²) in [5, 5.41) is 14.7. The third kappa shape index (κ3) is 8.31. The molecule has 3 aromatic rings. The summed E-state index contributed by atoms with van der Waals surface area (Å²) in [6.07, 6.45) is 0.704. The van der Waals surface area contributed by atoms with Crippen molar-refractivity contribution in [3.8, 4) is 17.2 Å². The highest BCUT2D eigenvalue weighted by molar-refractivity contribution is 6.31. The third-order valence-electron chi connectivity index (χ3n) is 5.59. The number of nitrogens with zero attached hydrogens (tertiary/aromatic N) is 3. The van der Waals surface area contributed by atoms with Gasteiger partial charge in [0.1, 0.15) is 5.82 Å². The van der Waals surface area contributed by atoms with E-state index in [4.69, 9.17) is 11.6 Å². The average Bonchev–Trinajstić information content (AvgIpc) is 2.88. The molecule has 0 spiro atoms. The zero-order valence-electron chi connectivity index (χ0n) is 20.8. The van der Waals surface area contributed by atoms with Crippen LogP contribution in [-0.4, -0.2) is 50.6 Å². The number of amides is 3. The number of halogens is 2. The van der Waals surface area contributed by atoms with Crippen LogP contribution in [0.5, 0.6) is 0 Å². The normalized spacial score (nSPS) is 10.6. The van der Waals surface area contributed by atoms with E-state index in [0.29, 0.717) is 29.9 Å². The number of hydrogen-bond donors (Lipinski definition) is 2. The first-order valence-electron chi connectivity index (χ1n) is 11.8. The minimum absolute atomic E-state index is 0.0831. The summed E-state index contributed by atoms with van der Waals surface area (Å²) < 4.78 is 13.5. The van der Waals surface area contributed by atoms with Crippen molar-refractivity contribution in [3.05, 3.63) is 83.1 Å². The molecule has 0 unspecified atom stereocenters. The van der Waals surface area contributed by atoms with E-state index < -0.39 is 11.8 Å². The SMILES string of the molecule is CN(C)CCNC(=O)CCCN(C(=O)Nc1ccc(F)c(Cl)c1)c1ccc(-c2cccc(C#N)c2)cc1. The van der Waals surface area contributed by atoms with E-state index in [9.17, 15) is 19.2 Å². The minimum atomic E-state index is -0.576. The van der Waals surface area contributed by atoms with Gasteiger partial charge < -0.3 is 15.5 Å². The summed E-state index contributed by atoms with van der Waals surface area (Å²) >= 11 is 5.86. The summed E-state index contributed by atoms with van der Waals surface area (Å²) in [4.78, 5) is 28.9. The van der Waals surface area contributed by atoms with Crippen LogP contribution in [0.25, 0.3) is 11.1 Å². The molecule has 0 saturated heterocycles. The van der Waals surface area contributed by atoms with Crippen LogP contribution < -0.4 is 15.5 Å². The molecule has 7 nitrogen and oxygen atoms in total. The zero-order valence-corrected chi connectivity index (χ0v) is 21.6. The molecule has 0 aliphatic carbocycles. The van der Waals surface area contributed by atoms with E-state index in [1.165, 1.54) is 23.1 Å². The van der Waals surface area contributed by atoms with Gasteiger partial charge in [0.15, 0.2) is 0 Å². The van der Waals surface area contributed by atoms with E-state index in [1.54, 1.807) is 12.1 Å². The highest BCUT2D eigenvalue weighted by atomic mass is 35.5. The first-order valence-corrected chi connectivity index (χ1v) is 12.2. The Bertz CT molecular complexity index is 1270. The smallest absolute Gasteiger partial charge is 0.326 e. The minimum Gasteiger partial charge on any atom is -0.355 e. The Balaban J connectivity index is 1.75. The molecule has 192 valence electrons. The highest BCUT2D eigenvalue weighted by Crippen LogP contribution is 2.26. The van der Waals surface area contributed by atoms with Gasteiger partial charge in [-0.25, -0.2) is 9.18 Å². The van der Waals surface area contributed by atoms with Crippen molar-refractivity contribution >= 4 is 34.9 Å².